The third kappa shape index (κ3) is 4.55. The molecule has 126 valence electrons. The fourth-order valence-electron chi connectivity index (χ4n) is 2.51. The van der Waals surface area contributed by atoms with Gasteiger partial charge < -0.3 is 15.4 Å². The van der Waals surface area contributed by atoms with Crippen LogP contribution in [0.3, 0.4) is 0 Å². The first-order valence-electron chi connectivity index (χ1n) is 7.73. The van der Waals surface area contributed by atoms with Gasteiger partial charge in [0.15, 0.2) is 5.11 Å². The van der Waals surface area contributed by atoms with Crippen LogP contribution in [0, 0.1) is 13.8 Å². The highest BCUT2D eigenvalue weighted by molar-refractivity contribution is 7.80. The number of esters is 1. The maximum Gasteiger partial charge on any atom is 0.337 e. The number of ether oxygens (including phenoxy) is 1. The molecule has 0 amide bonds. The summed E-state index contributed by atoms with van der Waals surface area (Å²) in [5.41, 5.74) is 4.86. The molecule has 0 spiro atoms. The molecule has 0 aliphatic rings. The maximum atomic E-state index is 11.6. The van der Waals surface area contributed by atoms with Gasteiger partial charge >= 0.3 is 5.97 Å². The molecular weight excluding hydrogens is 320 g/mol. The van der Waals surface area contributed by atoms with Crippen LogP contribution in [0.4, 0.5) is 5.69 Å². The van der Waals surface area contributed by atoms with Crippen molar-refractivity contribution in [1.82, 2.24) is 5.32 Å². The number of rotatable bonds is 4. The highest BCUT2D eigenvalue weighted by Gasteiger charge is 2.11. The lowest BCUT2D eigenvalue weighted by Gasteiger charge is -2.20. The van der Waals surface area contributed by atoms with E-state index < -0.39 is 0 Å². The second-order valence-corrected chi connectivity index (χ2v) is 6.16. The summed E-state index contributed by atoms with van der Waals surface area (Å²) < 4.78 is 4.73. The van der Waals surface area contributed by atoms with E-state index in [4.69, 9.17) is 17.0 Å². The number of aryl methyl sites for hydroxylation is 2. The van der Waals surface area contributed by atoms with E-state index in [1.165, 1.54) is 23.8 Å². The first-order chi connectivity index (χ1) is 11.4. The molecule has 2 aromatic rings. The zero-order valence-corrected chi connectivity index (χ0v) is 15.2. The molecular formula is C19H22N2O2S. The Morgan fingerprint density at radius 1 is 1.17 bits per heavy atom. The van der Waals surface area contributed by atoms with Crippen LogP contribution in [0.25, 0.3) is 0 Å². The molecule has 5 heteroatoms. The lowest BCUT2D eigenvalue weighted by molar-refractivity contribution is 0.0601. The van der Waals surface area contributed by atoms with E-state index in [-0.39, 0.29) is 12.0 Å². The lowest BCUT2D eigenvalue weighted by atomic mass is 10.0. The molecule has 2 rings (SSSR count). The Morgan fingerprint density at radius 2 is 1.92 bits per heavy atom. The zero-order chi connectivity index (χ0) is 17.7. The van der Waals surface area contributed by atoms with E-state index in [0.717, 1.165) is 5.69 Å². The molecule has 0 fully saturated rings. The third-order valence-corrected chi connectivity index (χ3v) is 4.01. The van der Waals surface area contributed by atoms with Gasteiger partial charge in [-0.25, -0.2) is 4.79 Å². The second-order valence-electron chi connectivity index (χ2n) is 5.75. The number of anilines is 1. The van der Waals surface area contributed by atoms with Crippen molar-refractivity contribution >= 4 is 29.0 Å². The first-order valence-corrected chi connectivity index (χ1v) is 8.14. The van der Waals surface area contributed by atoms with Gasteiger partial charge in [-0.2, -0.15) is 0 Å². The molecule has 24 heavy (non-hydrogen) atoms. The number of benzene rings is 2. The molecule has 2 N–H and O–H groups in total. The summed E-state index contributed by atoms with van der Waals surface area (Å²) in [4.78, 5) is 11.6. The smallest absolute Gasteiger partial charge is 0.337 e. The number of hydrogen-bond acceptors (Lipinski definition) is 3. The summed E-state index contributed by atoms with van der Waals surface area (Å²) in [5, 5.41) is 6.89. The van der Waals surface area contributed by atoms with Crippen LogP contribution in [0.2, 0.25) is 0 Å². The largest absolute Gasteiger partial charge is 0.465 e. The Bertz CT molecular complexity index is 759. The Hall–Kier alpha value is -2.40. The van der Waals surface area contributed by atoms with Gasteiger partial charge in [0.25, 0.3) is 0 Å². The number of carbonyl (C=O) groups excluding carboxylic acids is 1. The predicted molar refractivity (Wildman–Crippen MR) is 101 cm³/mol. The van der Waals surface area contributed by atoms with Crippen LogP contribution >= 0.6 is 12.2 Å². The second kappa shape index (κ2) is 7.93. The fourth-order valence-corrected chi connectivity index (χ4v) is 2.80. The SMILES string of the molecule is COC(=O)c1cccc(NC(=S)N[C@@H](C)c2cc(C)ccc2C)c1. The van der Waals surface area contributed by atoms with Crippen molar-refractivity contribution < 1.29 is 9.53 Å². The molecule has 4 nitrogen and oxygen atoms in total. The minimum atomic E-state index is -0.374. The molecule has 0 aliphatic carbocycles. The van der Waals surface area contributed by atoms with Crippen molar-refractivity contribution in [3.05, 3.63) is 64.7 Å². The zero-order valence-electron chi connectivity index (χ0n) is 14.3. The number of nitrogens with one attached hydrogen (secondary N) is 2. The van der Waals surface area contributed by atoms with Crippen LogP contribution in [0.5, 0.6) is 0 Å². The van der Waals surface area contributed by atoms with E-state index in [9.17, 15) is 4.79 Å². The topological polar surface area (TPSA) is 50.4 Å². The van der Waals surface area contributed by atoms with Crippen LogP contribution in [-0.2, 0) is 4.74 Å². The van der Waals surface area contributed by atoms with Gasteiger partial charge in [0.2, 0.25) is 0 Å². The van der Waals surface area contributed by atoms with Gasteiger partial charge in [-0.05, 0) is 62.3 Å². The van der Waals surface area contributed by atoms with Crippen molar-refractivity contribution in [1.29, 1.82) is 0 Å². The molecule has 0 radical (unpaired) electrons. The number of hydrogen-bond donors (Lipinski definition) is 2. The summed E-state index contributed by atoms with van der Waals surface area (Å²) >= 11 is 5.39. The molecule has 0 aliphatic heterocycles. The van der Waals surface area contributed by atoms with Gasteiger partial charge in [-0.1, -0.05) is 29.8 Å². The molecule has 0 unspecified atom stereocenters. The molecule has 0 saturated carbocycles. The average Bonchev–Trinajstić information content (AvgIpc) is 2.56. The van der Waals surface area contributed by atoms with Gasteiger partial charge in [0.05, 0.1) is 18.7 Å². The van der Waals surface area contributed by atoms with Crippen molar-refractivity contribution in [2.75, 3.05) is 12.4 Å². The molecule has 2 aromatic carbocycles. The lowest BCUT2D eigenvalue weighted by Crippen LogP contribution is -2.31. The summed E-state index contributed by atoms with van der Waals surface area (Å²) in [6, 6.07) is 13.5. The van der Waals surface area contributed by atoms with Crippen molar-refractivity contribution in [3.63, 3.8) is 0 Å². The summed E-state index contributed by atoms with van der Waals surface area (Å²) in [6.45, 7) is 6.23. The molecule has 0 heterocycles. The number of methoxy groups -OCH3 is 1. The van der Waals surface area contributed by atoms with Crippen molar-refractivity contribution in [3.8, 4) is 0 Å². The molecule has 0 bridgehead atoms. The van der Waals surface area contributed by atoms with Gasteiger partial charge in [-0.15, -0.1) is 0 Å². The number of thiocarbonyl (C=S) groups is 1. The predicted octanol–water partition coefficient (Wildman–Crippen LogP) is 4.14. The normalized spacial score (nSPS) is 11.5. The van der Waals surface area contributed by atoms with E-state index >= 15 is 0 Å². The Kier molecular flexibility index (Phi) is 5.93. The maximum absolute atomic E-state index is 11.6. The van der Waals surface area contributed by atoms with Crippen molar-refractivity contribution in [2.45, 2.75) is 26.8 Å². The van der Waals surface area contributed by atoms with E-state index in [2.05, 4.69) is 49.6 Å². The van der Waals surface area contributed by atoms with E-state index in [0.29, 0.717) is 10.7 Å². The summed E-state index contributed by atoms with van der Waals surface area (Å²) in [5.74, 6) is -0.374. The third-order valence-electron chi connectivity index (χ3n) is 3.79. The monoisotopic (exact) mass is 342 g/mol. The molecule has 0 aromatic heterocycles. The Balaban J connectivity index is 2.05. The number of carbonyl (C=O) groups is 1. The van der Waals surface area contributed by atoms with Gasteiger partial charge in [0, 0.05) is 5.69 Å². The van der Waals surface area contributed by atoms with Crippen molar-refractivity contribution in [2.24, 2.45) is 0 Å². The van der Waals surface area contributed by atoms with Crippen LogP contribution in [-0.4, -0.2) is 18.2 Å². The van der Waals surface area contributed by atoms with E-state index in [1.54, 1.807) is 18.2 Å². The van der Waals surface area contributed by atoms with Gasteiger partial charge in [0.1, 0.15) is 0 Å². The Labute approximate surface area is 148 Å². The van der Waals surface area contributed by atoms with Gasteiger partial charge in [-0.3, -0.25) is 0 Å². The minimum absolute atomic E-state index is 0.0775. The summed E-state index contributed by atoms with van der Waals surface area (Å²) in [7, 11) is 1.36. The van der Waals surface area contributed by atoms with E-state index in [1.807, 2.05) is 6.07 Å². The van der Waals surface area contributed by atoms with Crippen LogP contribution in [0.15, 0.2) is 42.5 Å². The standard InChI is InChI=1S/C19H22N2O2S/c1-12-8-9-13(2)17(10-12)14(3)20-19(24)21-16-7-5-6-15(11-16)18(22)23-4/h5-11,14H,1-4H3,(H2,20,21,24)/t14-/m0/s1. The quantitative estimate of drug-likeness (QED) is 0.646. The Morgan fingerprint density at radius 3 is 2.62 bits per heavy atom. The molecule has 1 atom stereocenters. The highest BCUT2D eigenvalue weighted by atomic mass is 32.1. The van der Waals surface area contributed by atoms with Crippen LogP contribution in [0.1, 0.15) is 40.0 Å². The first kappa shape index (κ1) is 17.9. The highest BCUT2D eigenvalue weighted by Crippen LogP contribution is 2.19. The van der Waals surface area contributed by atoms with Crippen LogP contribution < -0.4 is 10.6 Å². The average molecular weight is 342 g/mol. The fraction of sp³-hybridized carbons (Fsp3) is 0.263. The summed E-state index contributed by atoms with van der Waals surface area (Å²) in [6.07, 6.45) is 0. The minimum Gasteiger partial charge on any atom is -0.465 e. The molecule has 0 saturated heterocycles.